The van der Waals surface area contributed by atoms with Crippen molar-refractivity contribution in [2.75, 3.05) is 28.3 Å². The lowest BCUT2D eigenvalue weighted by molar-refractivity contribution is 0.315. The number of nitrogens with one attached hydrogen (secondary N) is 9. The monoisotopic (exact) mass is 1860 g/mol. The number of hydrogen-bond donors (Lipinski definition) is 9. The molecule has 648 valence electrons. The van der Waals surface area contributed by atoms with Crippen molar-refractivity contribution in [2.45, 2.75) is 72.4 Å². The highest BCUT2D eigenvalue weighted by Crippen LogP contribution is 2.28. The van der Waals surface area contributed by atoms with Gasteiger partial charge in [0.15, 0.2) is 29.1 Å². The third kappa shape index (κ3) is 22.3. The summed E-state index contributed by atoms with van der Waals surface area (Å²) in [5.41, 5.74) is 11.6. The zero-order valence-electron chi connectivity index (χ0n) is 69.7. The second-order valence-corrected chi connectivity index (χ2v) is 34.2. The van der Waals surface area contributed by atoms with Crippen molar-refractivity contribution in [2.24, 2.45) is 0 Å². The van der Waals surface area contributed by atoms with Crippen molar-refractivity contribution in [1.29, 1.82) is 0 Å². The van der Waals surface area contributed by atoms with Crippen molar-refractivity contribution >= 4 is 113 Å². The zero-order valence-corrected chi connectivity index (χ0v) is 74.5. The zero-order chi connectivity index (χ0) is 89.7. The van der Waals surface area contributed by atoms with Gasteiger partial charge in [-0.2, -0.15) is 47.5 Å². The van der Waals surface area contributed by atoms with Crippen LogP contribution >= 0.6 is 61.8 Å². The van der Waals surface area contributed by atoms with Gasteiger partial charge in [-0.1, -0.05) is 187 Å². The standard InChI is InChI=1S/C22H22ClN5O.C20H18ClN5O.C19H17N5O.C16H12BrN5OS.C16H12FN5OS/c1-22(2,3)15-9-7-14(8-10-15)20-26-21-25-18(12-19(29)28(21)27-20)13-24-17-6-4-5-16(23)11-17;1-25(12-14-5-3-2-4-6-14)13-17-11-18(27)26-20(22-17)23-19(24-26)15-7-9-16(21)10-8-15;1-13-6-5-7-14(10-13)18-22-19-21-16(11-17(25)24(19)23-18)12-20-15-8-3-2-4-9-15;17-10-3-5-11(6-4-10)18-9-12-8-14(23)22-16(19-12)20-15(21-22)13-2-1-7-24-13;17-11-4-1-2-5-12(11)18-9-10-8-14(23)22-16(19-10)20-15(21-22)13-6-3-7-24-13/h4-12,24H,13H2,1-3H3,(H,25,26,27);2-11H,12-13H2,1H3,(H,22,23,24);2-11,20H,12H2,1H3,(H,21,22,23);2*1-8,18H,9H2,(H,19,20,21). The molecule has 8 aromatic carbocycles. The van der Waals surface area contributed by atoms with Crippen molar-refractivity contribution in [3.8, 4) is 55.6 Å². The van der Waals surface area contributed by atoms with Crippen LogP contribution in [-0.4, -0.2) is 110 Å². The van der Waals surface area contributed by atoms with E-state index in [0.717, 1.165) is 60.1 Å². The summed E-state index contributed by atoms with van der Waals surface area (Å²) in [5, 5.41) is 32.8. The smallest absolute Gasteiger partial charge is 0.274 e. The van der Waals surface area contributed by atoms with Crippen LogP contribution < -0.4 is 49.1 Å². The van der Waals surface area contributed by atoms with E-state index in [1.165, 1.54) is 81.4 Å². The highest BCUT2D eigenvalue weighted by Gasteiger charge is 2.19. The molecule has 0 saturated carbocycles. The largest absolute Gasteiger partial charge is 0.379 e. The van der Waals surface area contributed by atoms with Gasteiger partial charge in [-0.3, -0.25) is 54.4 Å². The predicted octanol–water partition coefficient (Wildman–Crippen LogP) is 17.4. The van der Waals surface area contributed by atoms with E-state index < -0.39 is 0 Å². The van der Waals surface area contributed by atoms with Crippen molar-refractivity contribution in [1.82, 2.24) is 103 Å². The minimum atomic E-state index is -0.352. The van der Waals surface area contributed by atoms with Gasteiger partial charge in [0, 0.05) is 91.7 Å². The van der Waals surface area contributed by atoms with Crippen LogP contribution in [0, 0.1) is 12.7 Å². The first-order chi connectivity index (χ1) is 62.4. The van der Waals surface area contributed by atoms with Crippen LogP contribution in [0.25, 0.3) is 84.5 Å². The summed E-state index contributed by atoms with van der Waals surface area (Å²) < 4.78 is 21.4. The van der Waals surface area contributed by atoms with Crippen LogP contribution in [0.1, 0.15) is 65.9 Å². The molecule has 129 heavy (non-hydrogen) atoms. The molecule has 0 radical (unpaired) electrons. The SMILES string of the molecule is CC(C)(C)c1ccc(-c2nc3nc(CNc4cccc(Cl)c4)cc(=O)n3[nH]2)cc1.CN(Cc1ccccc1)Cc1cc(=O)n2[nH]c(-c3ccc(Cl)cc3)nc2n1.Cc1cccc(-c2nc3nc(CNc4ccccc4)cc(=O)n3[nH]2)c1.O=c1cc(CNc2ccc(Br)cc2)nc2nc(-c3cccs3)[nH]n12.O=c1cc(CNc2ccccc2F)nc2nc(-c3cccs3)[nH]n12. The summed E-state index contributed by atoms with van der Waals surface area (Å²) in [5.74, 6) is 4.42. The third-order valence-electron chi connectivity index (χ3n) is 19.8. The number of fused-ring (bicyclic) bond motifs is 5. The Morgan fingerprint density at radius 2 is 0.783 bits per heavy atom. The van der Waals surface area contributed by atoms with Crippen LogP contribution in [0.15, 0.2) is 300 Å². The molecule has 0 aliphatic heterocycles. The first kappa shape index (κ1) is 87.5. The number of nitrogens with zero attached hydrogens (tertiary/aromatic N) is 16. The van der Waals surface area contributed by atoms with E-state index in [1.807, 2.05) is 195 Å². The molecule has 20 aromatic rings. The first-order valence-electron chi connectivity index (χ1n) is 40.4. The average Bonchev–Trinajstić information content (AvgIpc) is 1.65. The van der Waals surface area contributed by atoms with E-state index in [9.17, 15) is 28.4 Å². The van der Waals surface area contributed by atoms with Gasteiger partial charge in [-0.15, -0.1) is 22.7 Å². The average molecular weight is 1860 g/mol. The lowest BCUT2D eigenvalue weighted by Gasteiger charge is -2.18. The Labute approximate surface area is 760 Å². The number of rotatable bonds is 21. The van der Waals surface area contributed by atoms with Gasteiger partial charge in [-0.25, -0.2) is 29.3 Å². The van der Waals surface area contributed by atoms with Crippen LogP contribution in [0.4, 0.5) is 27.1 Å². The molecule has 0 saturated heterocycles. The van der Waals surface area contributed by atoms with Crippen molar-refractivity contribution < 1.29 is 4.39 Å². The molecule has 0 amide bonds. The number of aromatic amines is 5. The van der Waals surface area contributed by atoms with Crippen LogP contribution in [0.3, 0.4) is 0 Å². The molecule has 0 aliphatic carbocycles. The van der Waals surface area contributed by atoms with Crippen molar-refractivity contribution in [3.63, 3.8) is 0 Å². The number of H-pyrrole nitrogens is 5. The Hall–Kier alpha value is -14.9. The number of benzene rings is 8. The maximum absolute atomic E-state index is 13.6. The van der Waals surface area contributed by atoms with Crippen molar-refractivity contribution in [3.05, 3.63) is 389 Å². The van der Waals surface area contributed by atoms with Gasteiger partial charge in [-0.05, 0) is 150 Å². The maximum Gasteiger partial charge on any atom is 0.274 e. The lowest BCUT2D eigenvalue weighted by atomic mass is 9.87. The van der Waals surface area contributed by atoms with E-state index in [-0.39, 0.29) is 51.4 Å². The molecule has 0 bridgehead atoms. The second-order valence-electron chi connectivity index (χ2n) is 30.6. The molecule has 30 nitrogen and oxygen atoms in total. The molecular formula is C93H81BrCl2FN25O5S2. The molecule has 12 heterocycles. The van der Waals surface area contributed by atoms with Crippen LogP contribution in [-0.2, 0) is 44.7 Å². The molecule has 20 rings (SSSR count). The number of para-hydroxylation sites is 2. The molecular weight excluding hydrogens is 1780 g/mol. The Morgan fingerprint density at radius 1 is 0.380 bits per heavy atom. The normalized spacial score (nSPS) is 11.2. The van der Waals surface area contributed by atoms with E-state index in [2.05, 4.69) is 162 Å². The quantitative estimate of drug-likeness (QED) is 0.0323. The fraction of sp³-hybridized carbons (Fsp3) is 0.129. The summed E-state index contributed by atoms with van der Waals surface area (Å²) in [4.78, 5) is 110. The predicted molar refractivity (Wildman–Crippen MR) is 509 cm³/mol. The number of halogens is 4. The first-order valence-corrected chi connectivity index (χ1v) is 43.7. The molecule has 0 aliphatic rings. The molecule has 9 N–H and O–H groups in total. The molecule has 36 heteroatoms. The Bertz CT molecular complexity index is 7610. The van der Waals surface area contributed by atoms with E-state index in [1.54, 1.807) is 41.7 Å². The van der Waals surface area contributed by atoms with Gasteiger partial charge in [0.2, 0.25) is 0 Å². The highest BCUT2D eigenvalue weighted by molar-refractivity contribution is 9.10. The summed E-state index contributed by atoms with van der Waals surface area (Å²) >= 11 is 18.4. The van der Waals surface area contributed by atoms with E-state index in [4.69, 9.17) is 23.2 Å². The molecule has 0 atom stereocenters. The van der Waals surface area contributed by atoms with Gasteiger partial charge in [0.25, 0.3) is 56.7 Å². The summed E-state index contributed by atoms with van der Waals surface area (Å²) in [6.07, 6.45) is 0. The molecule has 0 unspecified atom stereocenters. The van der Waals surface area contributed by atoms with Gasteiger partial charge < -0.3 is 21.3 Å². The molecule has 12 aromatic heterocycles. The fourth-order valence-electron chi connectivity index (χ4n) is 13.4. The Kier molecular flexibility index (Phi) is 27.0. The number of anilines is 4. The van der Waals surface area contributed by atoms with Gasteiger partial charge in [0.05, 0.1) is 70.1 Å². The summed E-state index contributed by atoms with van der Waals surface area (Å²) in [6, 6.07) is 80.1. The minimum absolute atomic E-state index is 0.0792. The minimum Gasteiger partial charge on any atom is -0.379 e. The number of aryl methyl sites for hydroxylation is 1. The van der Waals surface area contributed by atoms with E-state index >= 15 is 0 Å². The number of thiophene rings is 2. The fourth-order valence-corrected chi connectivity index (χ4v) is 15.3. The van der Waals surface area contributed by atoms with E-state index in [0.29, 0.717) is 123 Å². The second kappa shape index (κ2) is 39.7. The molecule has 0 fully saturated rings. The van der Waals surface area contributed by atoms with Gasteiger partial charge in [0.1, 0.15) is 5.82 Å². The lowest BCUT2D eigenvalue weighted by Crippen LogP contribution is -2.22. The van der Waals surface area contributed by atoms with Gasteiger partial charge >= 0.3 is 0 Å². The summed E-state index contributed by atoms with van der Waals surface area (Å²) in [7, 11) is 2.00. The third-order valence-corrected chi connectivity index (χ3v) is 22.6. The Balaban J connectivity index is 0.000000118. The topological polar surface area (TPSA) is 367 Å². The number of aromatic nitrogens is 20. The Morgan fingerprint density at radius 3 is 1.25 bits per heavy atom. The van der Waals surface area contributed by atoms with Crippen LogP contribution in [0.2, 0.25) is 10.0 Å². The number of hydrogen-bond acceptors (Lipinski definition) is 22. The highest BCUT2D eigenvalue weighted by atomic mass is 79.9. The maximum atomic E-state index is 13.6. The van der Waals surface area contributed by atoms with Crippen LogP contribution in [0.5, 0.6) is 0 Å². The summed E-state index contributed by atoms with van der Waals surface area (Å²) in [6.45, 7) is 11.4. The molecule has 0 spiro atoms.